The van der Waals surface area contributed by atoms with Gasteiger partial charge in [-0.25, -0.2) is 0 Å². The second kappa shape index (κ2) is 11.8. The zero-order chi connectivity index (χ0) is 26.9. The van der Waals surface area contributed by atoms with Crippen LogP contribution in [0.5, 0.6) is 11.5 Å². The number of aromatic nitrogens is 1. The van der Waals surface area contributed by atoms with Gasteiger partial charge in [0.1, 0.15) is 17.6 Å². The average molecular weight is 554 g/mol. The fourth-order valence-corrected chi connectivity index (χ4v) is 4.17. The van der Waals surface area contributed by atoms with Crippen molar-refractivity contribution in [2.45, 2.75) is 32.9 Å². The summed E-state index contributed by atoms with van der Waals surface area (Å²) in [5.41, 5.74) is 2.23. The number of carboxylic acids is 1. The number of aliphatic carboxylic acids is 1. The Morgan fingerprint density at radius 1 is 1.03 bits per heavy atom. The minimum absolute atomic E-state index is 0. The van der Waals surface area contributed by atoms with Gasteiger partial charge in [0.05, 0.1) is 17.0 Å². The molecule has 1 heterocycles. The Morgan fingerprint density at radius 3 is 2.34 bits per heavy atom. The van der Waals surface area contributed by atoms with E-state index in [0.717, 1.165) is 6.07 Å². The summed E-state index contributed by atoms with van der Waals surface area (Å²) in [6.45, 7) is 3.19. The monoisotopic (exact) mass is 553 g/mol. The van der Waals surface area contributed by atoms with Crippen LogP contribution in [-0.2, 0) is 11.3 Å². The Bertz CT molecular complexity index is 1480. The maximum Gasteiger partial charge on any atom is 1.00 e. The van der Waals surface area contributed by atoms with E-state index >= 15 is 0 Å². The molecule has 4 rings (SSSR count). The van der Waals surface area contributed by atoms with Crippen molar-refractivity contribution in [3.05, 3.63) is 94.1 Å². The molecule has 38 heavy (non-hydrogen) atoms. The Labute approximate surface area is 243 Å². The number of benzene rings is 3. The van der Waals surface area contributed by atoms with Crippen LogP contribution in [0.1, 0.15) is 34.1 Å². The van der Waals surface area contributed by atoms with E-state index in [1.807, 2.05) is 0 Å². The first-order chi connectivity index (χ1) is 17.4. The van der Waals surface area contributed by atoms with Gasteiger partial charge in [-0.2, -0.15) is 0 Å². The molecule has 11 heteroatoms. The predicted octanol–water partition coefficient (Wildman–Crippen LogP) is 2.30. The minimum Gasteiger partial charge on any atom is -0.546 e. The molecule has 0 aliphatic carbocycles. The van der Waals surface area contributed by atoms with Crippen LogP contribution >= 0.6 is 11.6 Å². The molecule has 0 spiro atoms. The van der Waals surface area contributed by atoms with Gasteiger partial charge in [-0.15, -0.1) is 13.2 Å². The molecule has 4 aromatic rings. The first-order valence-electron chi connectivity index (χ1n) is 11.1. The van der Waals surface area contributed by atoms with Gasteiger partial charge < -0.3 is 23.9 Å². The molecular formula is C27H20ClF3NNaO5. The summed E-state index contributed by atoms with van der Waals surface area (Å²) >= 11 is 5.95. The van der Waals surface area contributed by atoms with Crippen molar-refractivity contribution < 1.29 is 66.9 Å². The van der Waals surface area contributed by atoms with Crippen molar-refractivity contribution in [3.8, 4) is 11.5 Å². The molecular weight excluding hydrogens is 534 g/mol. The number of hydrogen-bond acceptors (Lipinski definition) is 5. The maximum absolute atomic E-state index is 13.5. The number of fused-ring (bicyclic) bond motifs is 1. The number of carbonyl (C=O) groups excluding carboxylic acids is 2. The van der Waals surface area contributed by atoms with Crippen molar-refractivity contribution in [3.63, 3.8) is 0 Å². The normalized spacial score (nSPS) is 12.1. The van der Waals surface area contributed by atoms with E-state index < -0.39 is 24.2 Å². The van der Waals surface area contributed by atoms with Crippen LogP contribution in [0.25, 0.3) is 10.9 Å². The van der Waals surface area contributed by atoms with E-state index in [1.165, 1.54) is 19.1 Å². The van der Waals surface area contributed by atoms with Gasteiger partial charge in [0, 0.05) is 34.3 Å². The van der Waals surface area contributed by atoms with Crippen molar-refractivity contribution in [1.29, 1.82) is 0 Å². The number of carbonyl (C=O) groups is 2. The largest absolute Gasteiger partial charge is 1.00 e. The summed E-state index contributed by atoms with van der Waals surface area (Å²) in [4.78, 5) is 24.5. The van der Waals surface area contributed by atoms with E-state index in [-0.39, 0.29) is 47.6 Å². The Hall–Kier alpha value is -2.98. The Balaban J connectivity index is 0.00000400. The second-order valence-corrected chi connectivity index (χ2v) is 8.77. The number of ether oxygens (including phenoxy) is 2. The summed E-state index contributed by atoms with van der Waals surface area (Å²) < 4.78 is 49.9. The molecule has 0 aliphatic rings. The van der Waals surface area contributed by atoms with Gasteiger partial charge in [-0.05, 0) is 67.9 Å². The number of halogens is 4. The van der Waals surface area contributed by atoms with Crippen molar-refractivity contribution >= 4 is 34.3 Å². The van der Waals surface area contributed by atoms with Crippen LogP contribution in [0.4, 0.5) is 13.2 Å². The van der Waals surface area contributed by atoms with E-state index in [4.69, 9.17) is 16.3 Å². The molecule has 0 saturated carbocycles. The quantitative estimate of drug-likeness (QED) is 0.247. The van der Waals surface area contributed by atoms with Crippen LogP contribution in [0.3, 0.4) is 0 Å². The smallest absolute Gasteiger partial charge is 0.546 e. The Kier molecular flexibility index (Phi) is 9.20. The fourth-order valence-electron chi connectivity index (χ4n) is 4.04. The van der Waals surface area contributed by atoms with Gasteiger partial charge in [0.2, 0.25) is 0 Å². The topological polar surface area (TPSA) is 80.6 Å². The molecule has 3 aromatic carbocycles. The molecule has 6 nitrogen and oxygen atoms in total. The van der Waals surface area contributed by atoms with Crippen LogP contribution < -0.4 is 44.1 Å². The molecule has 0 saturated heterocycles. The number of rotatable bonds is 8. The van der Waals surface area contributed by atoms with Crippen LogP contribution in [0.15, 0.2) is 66.7 Å². The van der Waals surface area contributed by atoms with Crippen LogP contribution in [0.2, 0.25) is 5.02 Å². The van der Waals surface area contributed by atoms with Crippen molar-refractivity contribution in [1.82, 2.24) is 4.57 Å². The maximum atomic E-state index is 13.5. The van der Waals surface area contributed by atoms with Gasteiger partial charge in [-0.1, -0.05) is 23.7 Å². The summed E-state index contributed by atoms with van der Waals surface area (Å²) in [5, 5.41) is 11.9. The first-order valence-corrected chi connectivity index (χ1v) is 11.5. The van der Waals surface area contributed by atoms with Gasteiger partial charge >= 0.3 is 35.9 Å². The summed E-state index contributed by atoms with van der Waals surface area (Å²) in [6, 6.07) is 16.7. The van der Waals surface area contributed by atoms with E-state index in [2.05, 4.69) is 4.74 Å². The molecule has 0 amide bonds. The third-order valence-corrected chi connectivity index (χ3v) is 6.00. The molecule has 0 N–H and O–H groups in total. The molecule has 0 fully saturated rings. The van der Waals surface area contributed by atoms with Crippen molar-refractivity contribution in [2.24, 2.45) is 0 Å². The number of ketones is 1. The van der Waals surface area contributed by atoms with Gasteiger partial charge in [0.15, 0.2) is 5.78 Å². The number of carboxylic acid groups (broad SMARTS) is 1. The third-order valence-electron chi connectivity index (χ3n) is 5.75. The number of hydrogen-bond donors (Lipinski definition) is 0. The van der Waals surface area contributed by atoms with Crippen LogP contribution in [0, 0.1) is 6.92 Å². The molecule has 1 atom stereocenters. The van der Waals surface area contributed by atoms with E-state index in [0.29, 0.717) is 38.3 Å². The van der Waals surface area contributed by atoms with E-state index in [1.54, 1.807) is 60.0 Å². The summed E-state index contributed by atoms with van der Waals surface area (Å²) in [6.07, 6.45) is -6.07. The van der Waals surface area contributed by atoms with E-state index in [9.17, 15) is 27.9 Å². The molecule has 0 bridgehead atoms. The molecule has 192 valence electrons. The summed E-state index contributed by atoms with van der Waals surface area (Å²) in [7, 11) is 0. The summed E-state index contributed by atoms with van der Waals surface area (Å²) in [5.74, 6) is -1.84. The van der Waals surface area contributed by atoms with Crippen molar-refractivity contribution in [2.75, 3.05) is 0 Å². The SMILES string of the molecule is Cc1c(C(=O)c2ccc(Cl)cc2)c2ccc(OC(F)(F)F)cc2n1Cc1cccc(O[C@@H](C)C(=O)[O-])c1.[Na+]. The standard InChI is InChI=1S/C27H21ClF3NO5.Na/c1-15-24(25(33)18-6-8-19(28)9-7-18)22-11-10-21(37-27(29,30)31)13-23(22)32(15)14-17-4-3-5-20(12-17)36-16(2)26(34)35;/h3-13,16H,14H2,1-2H3,(H,34,35);/q;+1/p-1/t16-;/m0./s1. The second-order valence-electron chi connectivity index (χ2n) is 8.34. The minimum atomic E-state index is -4.89. The number of alkyl halides is 3. The Morgan fingerprint density at radius 2 is 1.71 bits per heavy atom. The third kappa shape index (κ3) is 6.71. The predicted molar refractivity (Wildman–Crippen MR) is 129 cm³/mol. The zero-order valence-electron chi connectivity index (χ0n) is 20.6. The molecule has 0 radical (unpaired) electrons. The molecule has 1 aromatic heterocycles. The fraction of sp³-hybridized carbons (Fsp3) is 0.185. The zero-order valence-corrected chi connectivity index (χ0v) is 23.4. The number of nitrogens with zero attached hydrogens (tertiary/aromatic N) is 1. The first kappa shape index (κ1) is 29.6. The van der Waals surface area contributed by atoms with Crippen LogP contribution in [-0.4, -0.2) is 28.8 Å². The molecule has 0 aliphatic heterocycles. The molecule has 0 unspecified atom stereocenters. The average Bonchev–Trinajstić information content (AvgIpc) is 3.09. The van der Waals surface area contributed by atoms with Gasteiger partial charge in [-0.3, -0.25) is 4.79 Å². The van der Waals surface area contributed by atoms with Gasteiger partial charge in [0.25, 0.3) is 0 Å².